The van der Waals surface area contributed by atoms with E-state index in [9.17, 15) is 9.59 Å². The Balaban J connectivity index is 2.54. The molecule has 1 aliphatic carbocycles. The minimum atomic E-state index is -0.133. The Bertz CT molecular complexity index is 309. The monoisotopic (exact) mass is 268 g/mol. The number of ether oxygens (including phenoxy) is 1. The zero-order chi connectivity index (χ0) is 14.4. The largest absolute Gasteiger partial charge is 0.466 e. The molecule has 110 valence electrons. The molecule has 1 aliphatic rings. The molecule has 1 saturated carbocycles. The van der Waals surface area contributed by atoms with Gasteiger partial charge in [-0.05, 0) is 43.9 Å². The quantitative estimate of drug-likeness (QED) is 0.565. The summed E-state index contributed by atoms with van der Waals surface area (Å²) in [7, 11) is 0. The number of hydrogen-bond acceptors (Lipinski definition) is 3. The van der Waals surface area contributed by atoms with E-state index in [4.69, 9.17) is 4.74 Å². The van der Waals surface area contributed by atoms with E-state index >= 15 is 0 Å². The van der Waals surface area contributed by atoms with Crippen LogP contribution in [0, 0.1) is 23.7 Å². The van der Waals surface area contributed by atoms with Crippen molar-refractivity contribution in [2.24, 2.45) is 23.7 Å². The summed E-state index contributed by atoms with van der Waals surface area (Å²) in [4.78, 5) is 23.7. The molecule has 3 nitrogen and oxygen atoms in total. The highest BCUT2D eigenvalue weighted by atomic mass is 16.5. The van der Waals surface area contributed by atoms with Crippen molar-refractivity contribution in [2.45, 2.75) is 59.8 Å². The molecule has 0 aromatic rings. The topological polar surface area (TPSA) is 43.4 Å². The van der Waals surface area contributed by atoms with Crippen LogP contribution < -0.4 is 0 Å². The van der Waals surface area contributed by atoms with Crippen LogP contribution >= 0.6 is 0 Å². The smallest absolute Gasteiger partial charge is 0.305 e. The number of hydrogen-bond donors (Lipinski definition) is 0. The van der Waals surface area contributed by atoms with E-state index in [-0.39, 0.29) is 11.9 Å². The molecule has 0 bridgehead atoms. The van der Waals surface area contributed by atoms with E-state index in [1.165, 1.54) is 0 Å². The minimum Gasteiger partial charge on any atom is -0.466 e. The lowest BCUT2D eigenvalue weighted by Crippen LogP contribution is -2.21. The minimum absolute atomic E-state index is 0.133. The fourth-order valence-corrected chi connectivity index (χ4v) is 3.08. The average molecular weight is 268 g/mol. The van der Waals surface area contributed by atoms with Gasteiger partial charge in [-0.15, -0.1) is 0 Å². The molecule has 0 aromatic carbocycles. The summed E-state index contributed by atoms with van der Waals surface area (Å²) in [5, 5.41) is 0. The maximum absolute atomic E-state index is 12.3. The van der Waals surface area contributed by atoms with Crippen LogP contribution in [-0.4, -0.2) is 18.4 Å². The average Bonchev–Trinajstić information content (AvgIpc) is 2.47. The van der Waals surface area contributed by atoms with Crippen LogP contribution in [0.1, 0.15) is 59.8 Å². The second-order valence-corrected chi connectivity index (χ2v) is 6.18. The van der Waals surface area contributed by atoms with E-state index in [0.717, 1.165) is 19.3 Å². The zero-order valence-electron chi connectivity index (χ0n) is 12.8. The Hall–Kier alpha value is -0.860. The van der Waals surface area contributed by atoms with Gasteiger partial charge in [-0.3, -0.25) is 9.59 Å². The first kappa shape index (κ1) is 16.2. The first-order chi connectivity index (χ1) is 8.95. The van der Waals surface area contributed by atoms with Gasteiger partial charge in [0.25, 0.3) is 0 Å². The van der Waals surface area contributed by atoms with Crippen molar-refractivity contribution in [3.05, 3.63) is 0 Å². The molecule has 0 amide bonds. The third-order valence-corrected chi connectivity index (χ3v) is 4.44. The van der Waals surface area contributed by atoms with Gasteiger partial charge in [0, 0.05) is 18.8 Å². The van der Waals surface area contributed by atoms with Gasteiger partial charge in [-0.1, -0.05) is 20.8 Å². The highest BCUT2D eigenvalue weighted by Gasteiger charge is 2.31. The predicted molar refractivity (Wildman–Crippen MR) is 75.7 cm³/mol. The third-order valence-electron chi connectivity index (χ3n) is 4.44. The van der Waals surface area contributed by atoms with Crippen LogP contribution in [-0.2, 0) is 14.3 Å². The van der Waals surface area contributed by atoms with Gasteiger partial charge in [0.05, 0.1) is 6.61 Å². The van der Waals surface area contributed by atoms with E-state index in [1.54, 1.807) is 0 Å². The first-order valence-electron chi connectivity index (χ1n) is 7.64. The van der Waals surface area contributed by atoms with Crippen molar-refractivity contribution in [3.8, 4) is 0 Å². The molecule has 0 saturated heterocycles. The van der Waals surface area contributed by atoms with Gasteiger partial charge in [-0.2, -0.15) is 0 Å². The van der Waals surface area contributed by atoms with Crippen molar-refractivity contribution in [1.29, 1.82) is 0 Å². The van der Waals surface area contributed by atoms with Crippen LogP contribution in [0.15, 0.2) is 0 Å². The Kier molecular flexibility index (Phi) is 6.53. The van der Waals surface area contributed by atoms with Crippen molar-refractivity contribution < 1.29 is 14.3 Å². The van der Waals surface area contributed by atoms with Gasteiger partial charge in [0.2, 0.25) is 0 Å². The summed E-state index contributed by atoms with van der Waals surface area (Å²) < 4.78 is 4.96. The highest BCUT2D eigenvalue weighted by Crippen LogP contribution is 2.35. The standard InChI is InChI=1S/C16H28O3/c1-5-19-16(18)9-7-13-10-15(17)14(11(2)3)8-6-12(13)4/h11-14H,5-10H2,1-4H3/t12-,13-,14+/m1/s1. The van der Waals surface area contributed by atoms with E-state index in [2.05, 4.69) is 20.8 Å². The van der Waals surface area contributed by atoms with E-state index in [1.807, 2.05) is 6.92 Å². The van der Waals surface area contributed by atoms with Gasteiger partial charge in [0.1, 0.15) is 5.78 Å². The number of Topliss-reactive ketones (excluding diaryl/α,β-unsaturated/α-hetero) is 1. The Labute approximate surface area is 117 Å². The van der Waals surface area contributed by atoms with E-state index < -0.39 is 0 Å². The van der Waals surface area contributed by atoms with E-state index in [0.29, 0.717) is 43.0 Å². The van der Waals surface area contributed by atoms with Gasteiger partial charge < -0.3 is 4.74 Å². The molecular weight excluding hydrogens is 240 g/mol. The molecule has 0 aliphatic heterocycles. The molecule has 0 radical (unpaired) electrons. The van der Waals surface area contributed by atoms with Crippen LogP contribution in [0.2, 0.25) is 0 Å². The van der Waals surface area contributed by atoms with Crippen molar-refractivity contribution in [2.75, 3.05) is 6.61 Å². The zero-order valence-corrected chi connectivity index (χ0v) is 12.8. The fourth-order valence-electron chi connectivity index (χ4n) is 3.08. The highest BCUT2D eigenvalue weighted by molar-refractivity contribution is 5.81. The number of carbonyl (C=O) groups excluding carboxylic acids is 2. The normalized spacial score (nSPS) is 28.3. The molecule has 0 N–H and O–H groups in total. The maximum atomic E-state index is 12.3. The number of ketones is 1. The molecule has 0 spiro atoms. The van der Waals surface area contributed by atoms with Gasteiger partial charge in [-0.25, -0.2) is 0 Å². The summed E-state index contributed by atoms with van der Waals surface area (Å²) >= 11 is 0. The molecule has 3 heteroatoms. The molecule has 1 fully saturated rings. The SMILES string of the molecule is CCOC(=O)CC[C@@H]1CC(=O)[C@H](C(C)C)CC[C@H]1C. The molecule has 1 rings (SSSR count). The Morgan fingerprint density at radius 3 is 2.63 bits per heavy atom. The van der Waals surface area contributed by atoms with Crippen LogP contribution in [0.25, 0.3) is 0 Å². The summed E-state index contributed by atoms with van der Waals surface area (Å²) in [6.45, 7) is 8.74. The molecule has 0 aromatic heterocycles. The lowest BCUT2D eigenvalue weighted by atomic mass is 9.85. The van der Waals surface area contributed by atoms with Crippen molar-refractivity contribution >= 4 is 11.8 Å². The number of carbonyl (C=O) groups is 2. The molecule has 0 heterocycles. The third kappa shape index (κ3) is 4.96. The second kappa shape index (κ2) is 7.66. The fraction of sp³-hybridized carbons (Fsp3) is 0.875. The van der Waals surface area contributed by atoms with Crippen molar-refractivity contribution in [1.82, 2.24) is 0 Å². The summed E-state index contributed by atoms with van der Waals surface area (Å²) in [5.74, 6) is 1.79. The van der Waals surface area contributed by atoms with Crippen LogP contribution in [0.4, 0.5) is 0 Å². The molecule has 0 unspecified atom stereocenters. The maximum Gasteiger partial charge on any atom is 0.305 e. The summed E-state index contributed by atoms with van der Waals surface area (Å²) in [6.07, 6.45) is 3.98. The predicted octanol–water partition coefficient (Wildman–Crippen LogP) is 3.61. The van der Waals surface area contributed by atoms with Crippen molar-refractivity contribution in [3.63, 3.8) is 0 Å². The molecule has 19 heavy (non-hydrogen) atoms. The number of rotatable bonds is 5. The lowest BCUT2D eigenvalue weighted by Gasteiger charge is -2.20. The Morgan fingerprint density at radius 2 is 2.05 bits per heavy atom. The number of esters is 1. The Morgan fingerprint density at radius 1 is 1.37 bits per heavy atom. The summed E-state index contributed by atoms with van der Waals surface area (Å²) in [5.41, 5.74) is 0. The first-order valence-corrected chi connectivity index (χ1v) is 7.64. The second-order valence-electron chi connectivity index (χ2n) is 6.18. The molecule has 3 atom stereocenters. The van der Waals surface area contributed by atoms with Gasteiger partial charge >= 0.3 is 5.97 Å². The molecular formula is C16H28O3. The summed E-state index contributed by atoms with van der Waals surface area (Å²) in [6, 6.07) is 0. The lowest BCUT2D eigenvalue weighted by molar-refractivity contribution is -0.143. The van der Waals surface area contributed by atoms with Crippen LogP contribution in [0.3, 0.4) is 0 Å². The van der Waals surface area contributed by atoms with Gasteiger partial charge in [0.15, 0.2) is 0 Å². The van der Waals surface area contributed by atoms with Crippen LogP contribution in [0.5, 0.6) is 0 Å².